The normalized spacial score (nSPS) is 23.5. The number of fused-ring (bicyclic) bond motifs is 1. The van der Waals surface area contributed by atoms with Crippen molar-refractivity contribution in [2.24, 2.45) is 5.92 Å². The predicted molar refractivity (Wildman–Crippen MR) is 125 cm³/mol. The molecule has 7 nitrogen and oxygen atoms in total. The zero-order valence-corrected chi connectivity index (χ0v) is 18.6. The maximum absolute atomic E-state index is 12.8. The summed E-state index contributed by atoms with van der Waals surface area (Å²) in [6.07, 6.45) is 10.6. The van der Waals surface area contributed by atoms with E-state index in [-0.39, 0.29) is 11.9 Å². The molecule has 0 radical (unpaired) electrons. The van der Waals surface area contributed by atoms with Crippen molar-refractivity contribution >= 4 is 17.6 Å². The number of nitrogens with zero attached hydrogens (tertiary/aromatic N) is 3. The fourth-order valence-electron chi connectivity index (χ4n) is 5.13. The van der Waals surface area contributed by atoms with Gasteiger partial charge >= 0.3 is 6.03 Å². The summed E-state index contributed by atoms with van der Waals surface area (Å²) in [4.78, 5) is 31.4. The van der Waals surface area contributed by atoms with Crippen LogP contribution in [0, 0.1) is 5.92 Å². The molecule has 0 aliphatic carbocycles. The molecule has 4 aliphatic rings. The zero-order valence-electron chi connectivity index (χ0n) is 18.6. The number of allylic oxidation sites excluding steroid dienone is 1. The molecule has 0 saturated carbocycles. The lowest BCUT2D eigenvalue weighted by Crippen LogP contribution is -2.42. The number of anilines is 1. The van der Waals surface area contributed by atoms with Gasteiger partial charge in [0.05, 0.1) is 12.5 Å². The van der Waals surface area contributed by atoms with Crippen LogP contribution in [0.5, 0.6) is 0 Å². The molecule has 7 heteroatoms. The van der Waals surface area contributed by atoms with Crippen LogP contribution in [-0.4, -0.2) is 66.4 Å². The summed E-state index contributed by atoms with van der Waals surface area (Å²) in [7, 11) is 2.09. The molecule has 1 aromatic carbocycles. The molecule has 1 atom stereocenters. The summed E-state index contributed by atoms with van der Waals surface area (Å²) >= 11 is 0. The maximum Gasteiger partial charge on any atom is 0.326 e. The van der Waals surface area contributed by atoms with E-state index in [0.717, 1.165) is 62.3 Å². The molecule has 168 valence electrons. The minimum absolute atomic E-state index is 0.127. The molecule has 4 aliphatic heterocycles. The number of benzene rings is 1. The first kappa shape index (κ1) is 20.8. The van der Waals surface area contributed by atoms with Gasteiger partial charge in [-0.1, -0.05) is 12.1 Å². The zero-order chi connectivity index (χ0) is 22.1. The Morgan fingerprint density at radius 2 is 1.84 bits per heavy atom. The highest BCUT2D eigenvalue weighted by atomic mass is 16.2. The van der Waals surface area contributed by atoms with Crippen molar-refractivity contribution in [2.45, 2.75) is 25.2 Å². The van der Waals surface area contributed by atoms with Gasteiger partial charge in [-0.2, -0.15) is 0 Å². The second-order valence-corrected chi connectivity index (χ2v) is 9.28. The monoisotopic (exact) mass is 433 g/mol. The number of carbonyl (C=O) groups excluding carboxylic acids is 2. The van der Waals surface area contributed by atoms with Crippen molar-refractivity contribution in [3.63, 3.8) is 0 Å². The Kier molecular flexibility index (Phi) is 5.74. The number of likely N-dealkylation sites (tertiary alicyclic amines) is 2. The third kappa shape index (κ3) is 4.30. The van der Waals surface area contributed by atoms with Crippen LogP contribution in [0.2, 0.25) is 0 Å². The van der Waals surface area contributed by atoms with Crippen LogP contribution in [0.1, 0.15) is 30.7 Å². The quantitative estimate of drug-likeness (QED) is 0.769. The number of amides is 3. The standard InChI is InChI=1S/C25H31N5O2/c1-28-11-7-21(15-28)24(31)29-12-8-19(9-13-29)18-2-4-23(5-3-18)27-25(32)30-16-20-6-10-26-14-22(20)17-30/h2-6,10,14,16,19,21,26H,7-9,11-13,15,17H2,1H3,(H,27,32). The number of hydrogen-bond acceptors (Lipinski definition) is 4. The van der Waals surface area contributed by atoms with Crippen molar-refractivity contribution in [2.75, 3.05) is 45.1 Å². The summed E-state index contributed by atoms with van der Waals surface area (Å²) in [5.41, 5.74) is 4.26. The van der Waals surface area contributed by atoms with Gasteiger partial charge in [0.2, 0.25) is 5.91 Å². The molecule has 32 heavy (non-hydrogen) atoms. The number of rotatable bonds is 3. The first-order valence-electron chi connectivity index (χ1n) is 11.6. The van der Waals surface area contributed by atoms with Crippen LogP contribution in [-0.2, 0) is 4.79 Å². The minimum Gasteiger partial charge on any atom is -0.367 e. The average molecular weight is 434 g/mol. The fraction of sp³-hybridized carbons (Fsp3) is 0.440. The SMILES string of the molecule is CN1CCC(C(=O)N2CCC(c3ccc(NC(=O)N4C=C5C=CNC=C5C4)cc3)CC2)C1. The van der Waals surface area contributed by atoms with Gasteiger partial charge in [0.1, 0.15) is 0 Å². The Morgan fingerprint density at radius 3 is 2.53 bits per heavy atom. The van der Waals surface area contributed by atoms with Gasteiger partial charge in [0.25, 0.3) is 0 Å². The van der Waals surface area contributed by atoms with Crippen LogP contribution in [0.3, 0.4) is 0 Å². The third-order valence-corrected chi connectivity index (χ3v) is 7.06. The molecule has 2 N–H and O–H groups in total. The van der Waals surface area contributed by atoms with Crippen LogP contribution < -0.4 is 10.6 Å². The van der Waals surface area contributed by atoms with Gasteiger partial charge in [-0.25, -0.2) is 4.79 Å². The van der Waals surface area contributed by atoms with E-state index in [4.69, 9.17) is 0 Å². The largest absolute Gasteiger partial charge is 0.367 e. The second-order valence-electron chi connectivity index (χ2n) is 9.28. The van der Waals surface area contributed by atoms with Gasteiger partial charge in [0.15, 0.2) is 0 Å². The summed E-state index contributed by atoms with van der Waals surface area (Å²) < 4.78 is 0. The van der Waals surface area contributed by atoms with E-state index in [0.29, 0.717) is 18.4 Å². The molecule has 0 bridgehead atoms. The van der Waals surface area contributed by atoms with Crippen molar-refractivity contribution in [1.82, 2.24) is 20.0 Å². The highest BCUT2D eigenvalue weighted by Crippen LogP contribution is 2.30. The van der Waals surface area contributed by atoms with E-state index >= 15 is 0 Å². The fourth-order valence-corrected chi connectivity index (χ4v) is 5.13. The Hall–Kier alpha value is -3.06. The minimum atomic E-state index is -0.127. The molecule has 4 heterocycles. The van der Waals surface area contributed by atoms with Gasteiger partial charge in [0, 0.05) is 43.9 Å². The van der Waals surface area contributed by atoms with Gasteiger partial charge in [-0.3, -0.25) is 9.69 Å². The van der Waals surface area contributed by atoms with Crippen molar-refractivity contribution in [1.29, 1.82) is 0 Å². The van der Waals surface area contributed by atoms with E-state index in [1.807, 2.05) is 36.8 Å². The van der Waals surface area contributed by atoms with Gasteiger partial charge in [-0.15, -0.1) is 0 Å². The molecule has 1 aromatic rings. The lowest BCUT2D eigenvalue weighted by molar-refractivity contribution is -0.136. The number of nitrogens with one attached hydrogen (secondary N) is 2. The van der Waals surface area contributed by atoms with Crippen molar-refractivity contribution in [3.05, 3.63) is 65.7 Å². The van der Waals surface area contributed by atoms with Gasteiger partial charge < -0.3 is 20.4 Å². The Morgan fingerprint density at radius 1 is 1.06 bits per heavy atom. The number of piperidine rings is 1. The lowest BCUT2D eigenvalue weighted by atomic mass is 9.89. The average Bonchev–Trinajstić information content (AvgIpc) is 3.45. The van der Waals surface area contributed by atoms with E-state index < -0.39 is 0 Å². The van der Waals surface area contributed by atoms with E-state index in [1.165, 1.54) is 5.56 Å². The summed E-state index contributed by atoms with van der Waals surface area (Å²) in [6.45, 7) is 4.17. The van der Waals surface area contributed by atoms with Crippen molar-refractivity contribution < 1.29 is 9.59 Å². The summed E-state index contributed by atoms with van der Waals surface area (Å²) in [5, 5.41) is 6.06. The third-order valence-electron chi connectivity index (χ3n) is 7.06. The van der Waals surface area contributed by atoms with Crippen LogP contribution >= 0.6 is 0 Å². The molecule has 1 unspecified atom stereocenters. The lowest BCUT2D eigenvalue weighted by Gasteiger charge is -2.34. The van der Waals surface area contributed by atoms with E-state index in [1.54, 1.807) is 4.90 Å². The van der Waals surface area contributed by atoms with Crippen LogP contribution in [0.25, 0.3) is 0 Å². The summed E-state index contributed by atoms with van der Waals surface area (Å²) in [6, 6.07) is 8.06. The van der Waals surface area contributed by atoms with E-state index in [2.05, 4.69) is 39.6 Å². The molecular formula is C25H31N5O2. The number of urea groups is 1. The second kappa shape index (κ2) is 8.82. The molecule has 3 amide bonds. The topological polar surface area (TPSA) is 67.9 Å². The Bertz CT molecular complexity index is 973. The maximum atomic E-state index is 12.8. The van der Waals surface area contributed by atoms with Crippen LogP contribution in [0.4, 0.5) is 10.5 Å². The first-order valence-corrected chi connectivity index (χ1v) is 11.6. The number of carbonyl (C=O) groups is 2. The smallest absolute Gasteiger partial charge is 0.326 e. The number of dihydropyridines is 1. The molecule has 5 rings (SSSR count). The first-order chi connectivity index (χ1) is 15.6. The number of hydrogen-bond donors (Lipinski definition) is 2. The van der Waals surface area contributed by atoms with Crippen molar-refractivity contribution in [3.8, 4) is 0 Å². The predicted octanol–water partition coefficient (Wildman–Crippen LogP) is 3.08. The molecule has 2 saturated heterocycles. The Balaban J connectivity index is 1.13. The highest BCUT2D eigenvalue weighted by molar-refractivity contribution is 5.91. The molecule has 0 aromatic heterocycles. The molecule has 2 fully saturated rings. The molecular weight excluding hydrogens is 402 g/mol. The Labute approximate surface area is 189 Å². The van der Waals surface area contributed by atoms with E-state index in [9.17, 15) is 9.59 Å². The highest BCUT2D eigenvalue weighted by Gasteiger charge is 2.32. The van der Waals surface area contributed by atoms with Crippen LogP contribution in [0.15, 0.2) is 60.1 Å². The summed E-state index contributed by atoms with van der Waals surface area (Å²) in [5.74, 6) is 0.982. The van der Waals surface area contributed by atoms with Gasteiger partial charge in [-0.05, 0) is 73.7 Å². The molecule has 0 spiro atoms.